The van der Waals surface area contributed by atoms with Gasteiger partial charge >= 0.3 is 5.97 Å². The van der Waals surface area contributed by atoms with Crippen molar-refractivity contribution in [1.82, 2.24) is 15.5 Å². The molecule has 1 aromatic carbocycles. The third-order valence-corrected chi connectivity index (χ3v) is 5.87. The van der Waals surface area contributed by atoms with Gasteiger partial charge in [-0.2, -0.15) is 0 Å². The molecule has 0 spiro atoms. The van der Waals surface area contributed by atoms with Crippen LogP contribution in [0.15, 0.2) is 24.3 Å². The predicted molar refractivity (Wildman–Crippen MR) is 105 cm³/mol. The first kappa shape index (κ1) is 20.3. The number of hydrogen-bond donors (Lipinski definition) is 3. The Morgan fingerprint density at radius 2 is 1.68 bits per heavy atom. The molecule has 0 aromatic heterocycles. The summed E-state index contributed by atoms with van der Waals surface area (Å²) in [5.41, 5.74) is 0.882. The minimum Gasteiger partial charge on any atom is -0.481 e. The predicted octanol–water partition coefficient (Wildman–Crippen LogP) is 1.74. The number of carboxylic acids is 1. The molecule has 7 nitrogen and oxygen atoms in total. The Labute approximate surface area is 165 Å². The van der Waals surface area contributed by atoms with Crippen LogP contribution in [0, 0.1) is 11.8 Å². The van der Waals surface area contributed by atoms with Crippen molar-refractivity contribution >= 4 is 17.8 Å². The van der Waals surface area contributed by atoms with Crippen LogP contribution < -0.4 is 10.6 Å². The fourth-order valence-electron chi connectivity index (χ4n) is 4.25. The number of carbonyl (C=O) groups is 3. The number of amides is 2. The molecule has 1 aromatic rings. The highest BCUT2D eigenvalue weighted by molar-refractivity contribution is 5.99. The van der Waals surface area contributed by atoms with Gasteiger partial charge < -0.3 is 20.6 Å². The lowest BCUT2D eigenvalue weighted by atomic mass is 9.79. The average molecular weight is 387 g/mol. The van der Waals surface area contributed by atoms with Crippen LogP contribution in [-0.2, 0) is 4.79 Å². The van der Waals surface area contributed by atoms with Crippen molar-refractivity contribution in [2.45, 2.75) is 32.1 Å². The van der Waals surface area contributed by atoms with E-state index >= 15 is 0 Å². The normalized spacial score (nSPS) is 18.6. The molecule has 2 aliphatic rings. The first-order valence-corrected chi connectivity index (χ1v) is 10.1. The Kier molecular flexibility index (Phi) is 7.03. The highest BCUT2D eigenvalue weighted by atomic mass is 16.4. The molecule has 7 heteroatoms. The smallest absolute Gasteiger partial charge is 0.305 e. The van der Waals surface area contributed by atoms with Crippen LogP contribution in [0.1, 0.15) is 52.8 Å². The molecule has 0 radical (unpaired) electrons. The molecule has 2 saturated heterocycles. The summed E-state index contributed by atoms with van der Waals surface area (Å²) >= 11 is 0. The second kappa shape index (κ2) is 9.68. The van der Waals surface area contributed by atoms with E-state index in [1.165, 1.54) is 12.8 Å². The monoisotopic (exact) mass is 387 g/mol. The molecule has 0 saturated carbocycles. The lowest BCUT2D eigenvalue weighted by Gasteiger charge is -2.37. The highest BCUT2D eigenvalue weighted by Gasteiger charge is 2.29. The molecular formula is C21H29N3O4. The zero-order valence-corrected chi connectivity index (χ0v) is 16.2. The molecule has 3 rings (SSSR count). The number of carboxylic acid groups (broad SMARTS) is 1. The van der Waals surface area contributed by atoms with Gasteiger partial charge in [0.2, 0.25) is 0 Å². The maximum absolute atomic E-state index is 12.9. The summed E-state index contributed by atoms with van der Waals surface area (Å²) in [7, 11) is 0. The Bertz CT molecular complexity index is 707. The quantitative estimate of drug-likeness (QED) is 0.691. The molecule has 0 atom stereocenters. The van der Waals surface area contributed by atoms with E-state index in [1.54, 1.807) is 24.3 Å². The van der Waals surface area contributed by atoms with Gasteiger partial charge in [-0.3, -0.25) is 14.4 Å². The van der Waals surface area contributed by atoms with Gasteiger partial charge in [-0.1, -0.05) is 6.07 Å². The molecule has 0 unspecified atom stereocenters. The first-order chi connectivity index (χ1) is 13.5. The molecule has 2 heterocycles. The summed E-state index contributed by atoms with van der Waals surface area (Å²) in [4.78, 5) is 37.5. The SMILES string of the molecule is O=C(O)CCNC(=O)c1cccc(C(=O)N2CCC(C3CCNCC3)CC2)c1. The standard InChI is InChI=1S/C21H29N3O4/c25-19(26)6-11-23-20(27)17-2-1-3-18(14-17)21(28)24-12-7-16(8-13-24)15-4-9-22-10-5-15/h1-3,14-16,22H,4-13H2,(H,23,27)(H,25,26). The fourth-order valence-corrected chi connectivity index (χ4v) is 4.25. The zero-order valence-electron chi connectivity index (χ0n) is 16.2. The molecule has 2 aliphatic heterocycles. The lowest BCUT2D eigenvalue weighted by Crippen LogP contribution is -2.42. The number of hydrogen-bond acceptors (Lipinski definition) is 4. The van der Waals surface area contributed by atoms with Crippen molar-refractivity contribution < 1.29 is 19.5 Å². The van der Waals surface area contributed by atoms with Crippen LogP contribution in [0.4, 0.5) is 0 Å². The fraction of sp³-hybridized carbons (Fsp3) is 0.571. The van der Waals surface area contributed by atoms with Gasteiger partial charge in [-0.15, -0.1) is 0 Å². The minimum absolute atomic E-state index is 0.0380. The van der Waals surface area contributed by atoms with Gasteiger partial charge in [0.15, 0.2) is 0 Å². The van der Waals surface area contributed by atoms with E-state index in [0.717, 1.165) is 44.9 Å². The molecule has 152 valence electrons. The van der Waals surface area contributed by atoms with E-state index in [1.807, 2.05) is 4.90 Å². The van der Waals surface area contributed by atoms with Crippen LogP contribution in [-0.4, -0.2) is 60.5 Å². The van der Waals surface area contributed by atoms with E-state index < -0.39 is 5.97 Å². The maximum Gasteiger partial charge on any atom is 0.305 e. The topological polar surface area (TPSA) is 98.7 Å². The van der Waals surface area contributed by atoms with Crippen LogP contribution in [0.5, 0.6) is 0 Å². The average Bonchev–Trinajstić information content (AvgIpc) is 2.74. The number of nitrogens with zero attached hydrogens (tertiary/aromatic N) is 1. The Balaban J connectivity index is 1.54. The van der Waals surface area contributed by atoms with Crippen LogP contribution in [0.25, 0.3) is 0 Å². The Morgan fingerprint density at radius 3 is 2.36 bits per heavy atom. The number of likely N-dealkylation sites (tertiary alicyclic amines) is 1. The molecular weight excluding hydrogens is 358 g/mol. The molecule has 3 N–H and O–H groups in total. The zero-order chi connectivity index (χ0) is 19.9. The van der Waals surface area contributed by atoms with Crippen LogP contribution in [0.2, 0.25) is 0 Å². The molecule has 0 aliphatic carbocycles. The maximum atomic E-state index is 12.9. The third kappa shape index (κ3) is 5.32. The van der Waals surface area contributed by atoms with Crippen LogP contribution in [0.3, 0.4) is 0 Å². The van der Waals surface area contributed by atoms with E-state index in [2.05, 4.69) is 10.6 Å². The summed E-state index contributed by atoms with van der Waals surface area (Å²) in [6.07, 6.45) is 4.43. The Morgan fingerprint density at radius 1 is 1.04 bits per heavy atom. The van der Waals surface area contributed by atoms with Crippen LogP contribution >= 0.6 is 0 Å². The van der Waals surface area contributed by atoms with Crippen molar-refractivity contribution in [1.29, 1.82) is 0 Å². The summed E-state index contributed by atoms with van der Waals surface area (Å²) in [6, 6.07) is 6.66. The van der Waals surface area contributed by atoms with Gasteiger partial charge in [0.25, 0.3) is 11.8 Å². The minimum atomic E-state index is -0.961. The van der Waals surface area contributed by atoms with Gasteiger partial charge in [0.1, 0.15) is 0 Å². The van der Waals surface area contributed by atoms with Gasteiger partial charge in [-0.25, -0.2) is 0 Å². The van der Waals surface area contributed by atoms with E-state index in [4.69, 9.17) is 5.11 Å². The van der Waals surface area contributed by atoms with Crippen molar-refractivity contribution in [3.8, 4) is 0 Å². The number of rotatable bonds is 6. The largest absolute Gasteiger partial charge is 0.481 e. The van der Waals surface area contributed by atoms with E-state index in [0.29, 0.717) is 17.0 Å². The summed E-state index contributed by atoms with van der Waals surface area (Å²) < 4.78 is 0. The van der Waals surface area contributed by atoms with E-state index in [9.17, 15) is 14.4 Å². The summed E-state index contributed by atoms with van der Waals surface area (Å²) in [5, 5.41) is 14.6. The molecule has 28 heavy (non-hydrogen) atoms. The van der Waals surface area contributed by atoms with Gasteiger partial charge in [0, 0.05) is 30.8 Å². The summed E-state index contributed by atoms with van der Waals surface area (Å²) in [6.45, 7) is 3.80. The van der Waals surface area contributed by atoms with E-state index in [-0.39, 0.29) is 24.8 Å². The van der Waals surface area contributed by atoms with Crippen molar-refractivity contribution in [3.63, 3.8) is 0 Å². The third-order valence-electron chi connectivity index (χ3n) is 5.87. The second-order valence-corrected chi connectivity index (χ2v) is 7.70. The van der Waals surface area contributed by atoms with Crippen molar-refractivity contribution in [3.05, 3.63) is 35.4 Å². The number of aliphatic carboxylic acids is 1. The van der Waals surface area contributed by atoms with Gasteiger partial charge in [0.05, 0.1) is 6.42 Å². The number of nitrogens with one attached hydrogen (secondary N) is 2. The Hall–Kier alpha value is -2.41. The number of carbonyl (C=O) groups excluding carboxylic acids is 2. The molecule has 0 bridgehead atoms. The second-order valence-electron chi connectivity index (χ2n) is 7.70. The number of benzene rings is 1. The number of piperidine rings is 2. The lowest BCUT2D eigenvalue weighted by molar-refractivity contribution is -0.136. The van der Waals surface area contributed by atoms with Gasteiger partial charge in [-0.05, 0) is 68.8 Å². The van der Waals surface area contributed by atoms with Crippen molar-refractivity contribution in [2.24, 2.45) is 11.8 Å². The molecule has 2 fully saturated rings. The first-order valence-electron chi connectivity index (χ1n) is 10.1. The molecule has 2 amide bonds. The summed E-state index contributed by atoms with van der Waals surface area (Å²) in [5.74, 6) is 0.121. The highest BCUT2D eigenvalue weighted by Crippen LogP contribution is 2.31. The van der Waals surface area contributed by atoms with Crippen molar-refractivity contribution in [2.75, 3.05) is 32.7 Å².